The van der Waals surface area contributed by atoms with E-state index in [1.165, 1.54) is 5.56 Å². The summed E-state index contributed by atoms with van der Waals surface area (Å²) in [6.07, 6.45) is 2.18. The summed E-state index contributed by atoms with van der Waals surface area (Å²) in [7, 11) is 0. The van der Waals surface area contributed by atoms with Crippen LogP contribution in [0, 0.1) is 0 Å². The van der Waals surface area contributed by atoms with Crippen LogP contribution in [0.3, 0.4) is 0 Å². The smallest absolute Gasteiger partial charge is 0.220 e. The Morgan fingerprint density at radius 1 is 1.33 bits per heavy atom. The first-order valence-corrected chi connectivity index (χ1v) is 8.45. The van der Waals surface area contributed by atoms with Crippen molar-refractivity contribution < 1.29 is 9.53 Å². The van der Waals surface area contributed by atoms with Crippen LogP contribution in [-0.2, 0) is 4.79 Å². The van der Waals surface area contributed by atoms with Crippen molar-refractivity contribution in [3.05, 3.63) is 28.2 Å². The second-order valence-electron chi connectivity index (χ2n) is 5.67. The molecule has 118 valence electrons. The van der Waals surface area contributed by atoms with Gasteiger partial charge in [0, 0.05) is 12.5 Å². The molecule has 0 heterocycles. The lowest BCUT2D eigenvalue weighted by Crippen LogP contribution is -2.31. The number of benzene rings is 1. The standard InChI is InChI=1S/C17H26BrNO2/c1-5-13(4)19-17(20)7-6-10-21-16-9-8-14(12(2)3)11-15(16)18/h8-9,11-13H,5-7,10H2,1-4H3,(H,19,20). The van der Waals surface area contributed by atoms with Crippen LogP contribution in [0.4, 0.5) is 0 Å². The molecule has 0 aliphatic carbocycles. The zero-order chi connectivity index (χ0) is 15.8. The highest BCUT2D eigenvalue weighted by Crippen LogP contribution is 2.28. The van der Waals surface area contributed by atoms with Crippen LogP contribution in [0.2, 0.25) is 0 Å². The van der Waals surface area contributed by atoms with Crippen LogP contribution in [-0.4, -0.2) is 18.6 Å². The van der Waals surface area contributed by atoms with Gasteiger partial charge in [-0.25, -0.2) is 0 Å². The zero-order valence-electron chi connectivity index (χ0n) is 13.4. The fraction of sp³-hybridized carbons (Fsp3) is 0.588. The predicted molar refractivity (Wildman–Crippen MR) is 90.9 cm³/mol. The number of hydrogen-bond acceptors (Lipinski definition) is 2. The maximum absolute atomic E-state index is 11.6. The average Bonchev–Trinajstić information content (AvgIpc) is 2.44. The normalized spacial score (nSPS) is 12.3. The minimum absolute atomic E-state index is 0.0992. The molecule has 1 N–H and O–H groups in total. The van der Waals surface area contributed by atoms with E-state index in [0.29, 0.717) is 18.9 Å². The summed E-state index contributed by atoms with van der Waals surface area (Å²) in [5.74, 6) is 1.43. The van der Waals surface area contributed by atoms with Crippen LogP contribution in [0.1, 0.15) is 58.4 Å². The van der Waals surface area contributed by atoms with Gasteiger partial charge >= 0.3 is 0 Å². The van der Waals surface area contributed by atoms with Crippen LogP contribution in [0.15, 0.2) is 22.7 Å². The first-order valence-electron chi connectivity index (χ1n) is 7.65. The van der Waals surface area contributed by atoms with Gasteiger partial charge in [0.15, 0.2) is 0 Å². The minimum atomic E-state index is 0.0992. The van der Waals surface area contributed by atoms with Gasteiger partial charge in [0.05, 0.1) is 11.1 Å². The third kappa shape index (κ3) is 6.51. The maximum Gasteiger partial charge on any atom is 0.220 e. The zero-order valence-corrected chi connectivity index (χ0v) is 15.0. The van der Waals surface area contributed by atoms with Gasteiger partial charge < -0.3 is 10.1 Å². The summed E-state index contributed by atoms with van der Waals surface area (Å²) in [4.78, 5) is 11.6. The van der Waals surface area contributed by atoms with E-state index in [1.54, 1.807) is 0 Å². The highest BCUT2D eigenvalue weighted by Gasteiger charge is 2.07. The Bertz CT molecular complexity index is 460. The van der Waals surface area contributed by atoms with Crippen molar-refractivity contribution in [3.63, 3.8) is 0 Å². The molecular formula is C17H26BrNO2. The lowest BCUT2D eigenvalue weighted by Gasteiger charge is -2.13. The molecule has 3 nitrogen and oxygen atoms in total. The Morgan fingerprint density at radius 2 is 2.05 bits per heavy atom. The first-order chi connectivity index (χ1) is 9.93. The van der Waals surface area contributed by atoms with Crippen molar-refractivity contribution in [2.75, 3.05) is 6.61 Å². The van der Waals surface area contributed by atoms with Gasteiger partial charge in [-0.2, -0.15) is 0 Å². The Morgan fingerprint density at radius 3 is 2.62 bits per heavy atom. The third-order valence-corrected chi connectivity index (χ3v) is 4.07. The molecule has 0 saturated heterocycles. The van der Waals surface area contributed by atoms with Gasteiger partial charge in [-0.05, 0) is 59.3 Å². The fourth-order valence-corrected chi connectivity index (χ4v) is 2.37. The second kappa shape index (κ2) is 9.08. The summed E-state index contributed by atoms with van der Waals surface area (Å²) < 4.78 is 6.70. The number of carbonyl (C=O) groups is 1. The summed E-state index contributed by atoms with van der Waals surface area (Å²) in [6, 6.07) is 6.41. The van der Waals surface area contributed by atoms with Crippen LogP contribution in [0.25, 0.3) is 0 Å². The van der Waals surface area contributed by atoms with Gasteiger partial charge in [0.2, 0.25) is 5.91 Å². The molecule has 1 aromatic carbocycles. The van der Waals surface area contributed by atoms with Gasteiger partial charge in [0.25, 0.3) is 0 Å². The summed E-state index contributed by atoms with van der Waals surface area (Å²) in [6.45, 7) is 8.96. The van der Waals surface area contributed by atoms with E-state index < -0.39 is 0 Å². The second-order valence-corrected chi connectivity index (χ2v) is 6.53. The molecule has 1 aromatic rings. The molecule has 0 bridgehead atoms. The van der Waals surface area contributed by atoms with Crippen molar-refractivity contribution in [3.8, 4) is 5.75 Å². The summed E-state index contributed by atoms with van der Waals surface area (Å²) in [5, 5.41) is 2.96. The highest BCUT2D eigenvalue weighted by atomic mass is 79.9. The number of carbonyl (C=O) groups excluding carboxylic acids is 1. The predicted octanol–water partition coefficient (Wildman–Crippen LogP) is 4.65. The van der Waals surface area contributed by atoms with Gasteiger partial charge in [-0.1, -0.05) is 26.8 Å². The molecule has 1 amide bonds. The Labute approximate surface area is 136 Å². The average molecular weight is 356 g/mol. The van der Waals surface area contributed by atoms with E-state index in [9.17, 15) is 4.79 Å². The molecular weight excluding hydrogens is 330 g/mol. The highest BCUT2D eigenvalue weighted by molar-refractivity contribution is 9.10. The lowest BCUT2D eigenvalue weighted by molar-refractivity contribution is -0.121. The minimum Gasteiger partial charge on any atom is -0.492 e. The van der Waals surface area contributed by atoms with Crippen LogP contribution >= 0.6 is 15.9 Å². The van der Waals surface area contributed by atoms with E-state index >= 15 is 0 Å². The molecule has 21 heavy (non-hydrogen) atoms. The quantitative estimate of drug-likeness (QED) is 0.689. The summed E-state index contributed by atoms with van der Waals surface area (Å²) in [5.41, 5.74) is 1.28. The number of hydrogen-bond donors (Lipinski definition) is 1. The monoisotopic (exact) mass is 355 g/mol. The van der Waals surface area contributed by atoms with Crippen molar-refractivity contribution in [2.45, 2.75) is 58.9 Å². The molecule has 0 aliphatic heterocycles. The molecule has 0 fully saturated rings. The molecule has 0 aromatic heterocycles. The number of rotatable bonds is 8. The summed E-state index contributed by atoms with van der Waals surface area (Å²) >= 11 is 3.53. The first kappa shape index (κ1) is 18.0. The van der Waals surface area contributed by atoms with Crippen LogP contribution < -0.4 is 10.1 Å². The number of halogens is 1. The van der Waals surface area contributed by atoms with Crippen molar-refractivity contribution in [2.24, 2.45) is 0 Å². The van der Waals surface area contributed by atoms with Crippen molar-refractivity contribution >= 4 is 21.8 Å². The molecule has 4 heteroatoms. The fourth-order valence-electron chi connectivity index (χ4n) is 1.86. The van der Waals surface area contributed by atoms with E-state index in [4.69, 9.17) is 4.74 Å². The molecule has 0 spiro atoms. The number of amides is 1. The molecule has 1 unspecified atom stereocenters. The maximum atomic E-state index is 11.6. The van der Waals surface area contributed by atoms with E-state index in [-0.39, 0.29) is 11.9 Å². The Balaban J connectivity index is 2.34. The molecule has 1 rings (SSSR count). The van der Waals surface area contributed by atoms with E-state index in [0.717, 1.165) is 23.1 Å². The topological polar surface area (TPSA) is 38.3 Å². The van der Waals surface area contributed by atoms with Crippen LogP contribution in [0.5, 0.6) is 5.75 Å². The van der Waals surface area contributed by atoms with Gasteiger partial charge in [-0.3, -0.25) is 4.79 Å². The third-order valence-electron chi connectivity index (χ3n) is 3.45. The van der Waals surface area contributed by atoms with Gasteiger partial charge in [-0.15, -0.1) is 0 Å². The largest absolute Gasteiger partial charge is 0.492 e. The SMILES string of the molecule is CCC(C)NC(=O)CCCOc1ccc(C(C)C)cc1Br. The number of ether oxygens (including phenoxy) is 1. The van der Waals surface area contributed by atoms with E-state index in [1.807, 2.05) is 13.0 Å². The van der Waals surface area contributed by atoms with Crippen molar-refractivity contribution in [1.29, 1.82) is 0 Å². The number of nitrogens with one attached hydrogen (secondary N) is 1. The van der Waals surface area contributed by atoms with Gasteiger partial charge in [0.1, 0.15) is 5.75 Å². The van der Waals surface area contributed by atoms with Crippen molar-refractivity contribution in [1.82, 2.24) is 5.32 Å². The Kier molecular flexibility index (Phi) is 7.79. The lowest BCUT2D eigenvalue weighted by atomic mass is 10.0. The van der Waals surface area contributed by atoms with E-state index in [2.05, 4.69) is 54.2 Å². The molecule has 1 atom stereocenters. The molecule has 0 radical (unpaired) electrons. The molecule has 0 saturated carbocycles. The molecule has 0 aliphatic rings. The Hall–Kier alpha value is -1.03.